The topological polar surface area (TPSA) is 29.9 Å². The highest BCUT2D eigenvalue weighted by Gasteiger charge is 2.31. The van der Waals surface area contributed by atoms with E-state index in [4.69, 9.17) is 0 Å². The van der Waals surface area contributed by atoms with E-state index in [0.717, 1.165) is 11.8 Å². The zero-order valence-electron chi connectivity index (χ0n) is 12.0. The van der Waals surface area contributed by atoms with Crippen LogP contribution in [0.15, 0.2) is 36.5 Å². The van der Waals surface area contributed by atoms with Gasteiger partial charge in [-0.1, -0.05) is 19.1 Å². The van der Waals surface area contributed by atoms with Gasteiger partial charge in [-0.05, 0) is 37.2 Å². The lowest BCUT2D eigenvalue weighted by Crippen LogP contribution is -2.25. The van der Waals surface area contributed by atoms with E-state index in [0.29, 0.717) is 18.7 Å². The van der Waals surface area contributed by atoms with E-state index >= 15 is 0 Å². The van der Waals surface area contributed by atoms with Gasteiger partial charge in [0, 0.05) is 12.7 Å². The van der Waals surface area contributed by atoms with Crippen molar-refractivity contribution in [2.24, 2.45) is 0 Å². The Morgan fingerprint density at radius 1 is 1.24 bits per heavy atom. The highest BCUT2D eigenvalue weighted by molar-refractivity contribution is 5.32. The molecule has 3 nitrogen and oxygen atoms in total. The Morgan fingerprint density at radius 3 is 2.62 bits per heavy atom. The first-order valence-electron chi connectivity index (χ1n) is 6.89. The standard InChI is InChI=1S/C15H18F3N3/c1-3-19-14(13-8-9-20-21(13)4-2)11-6-5-7-12(10-11)15(16,17)18/h5-10,14,19H,3-4H2,1-2H3. The SMILES string of the molecule is CCNC(c1cccc(C(F)(F)F)c1)c1ccnn1CC. The van der Waals surface area contributed by atoms with Gasteiger partial charge in [0.15, 0.2) is 0 Å². The zero-order chi connectivity index (χ0) is 15.5. The molecule has 0 aliphatic rings. The van der Waals surface area contributed by atoms with Crippen molar-refractivity contribution in [3.05, 3.63) is 53.3 Å². The Hall–Kier alpha value is -1.82. The molecule has 0 bridgehead atoms. The van der Waals surface area contributed by atoms with Crippen LogP contribution in [0.4, 0.5) is 13.2 Å². The smallest absolute Gasteiger partial charge is 0.305 e. The van der Waals surface area contributed by atoms with Gasteiger partial charge in [0.2, 0.25) is 0 Å². The van der Waals surface area contributed by atoms with Gasteiger partial charge in [-0.3, -0.25) is 4.68 Å². The van der Waals surface area contributed by atoms with Gasteiger partial charge in [-0.2, -0.15) is 18.3 Å². The molecule has 1 heterocycles. The van der Waals surface area contributed by atoms with E-state index in [9.17, 15) is 13.2 Å². The molecule has 21 heavy (non-hydrogen) atoms. The number of halogens is 3. The summed E-state index contributed by atoms with van der Waals surface area (Å²) in [4.78, 5) is 0. The maximum absolute atomic E-state index is 12.9. The maximum atomic E-state index is 12.9. The summed E-state index contributed by atoms with van der Waals surface area (Å²) >= 11 is 0. The summed E-state index contributed by atoms with van der Waals surface area (Å²) in [5.74, 6) is 0. The van der Waals surface area contributed by atoms with Crippen LogP contribution in [-0.2, 0) is 12.7 Å². The Kier molecular flexibility index (Phi) is 4.67. The second-order valence-corrected chi connectivity index (χ2v) is 4.69. The normalized spacial score (nSPS) is 13.4. The average Bonchev–Trinajstić information content (AvgIpc) is 2.92. The monoisotopic (exact) mass is 297 g/mol. The van der Waals surface area contributed by atoms with E-state index in [1.165, 1.54) is 12.1 Å². The molecule has 2 rings (SSSR count). The lowest BCUT2D eigenvalue weighted by molar-refractivity contribution is -0.137. The molecule has 0 spiro atoms. The fourth-order valence-electron chi connectivity index (χ4n) is 2.34. The number of hydrogen-bond donors (Lipinski definition) is 1. The van der Waals surface area contributed by atoms with Crippen LogP contribution in [-0.4, -0.2) is 16.3 Å². The molecule has 0 fully saturated rings. The van der Waals surface area contributed by atoms with Crippen LogP contribution in [0.1, 0.15) is 36.7 Å². The highest BCUT2D eigenvalue weighted by atomic mass is 19.4. The number of hydrogen-bond acceptors (Lipinski definition) is 2. The predicted molar refractivity (Wildman–Crippen MR) is 74.9 cm³/mol. The van der Waals surface area contributed by atoms with Gasteiger partial charge >= 0.3 is 6.18 Å². The van der Waals surface area contributed by atoms with Gasteiger partial charge in [0.1, 0.15) is 0 Å². The van der Waals surface area contributed by atoms with Crippen LogP contribution < -0.4 is 5.32 Å². The quantitative estimate of drug-likeness (QED) is 0.913. The average molecular weight is 297 g/mol. The number of alkyl halides is 3. The third kappa shape index (κ3) is 3.44. The van der Waals surface area contributed by atoms with E-state index in [1.54, 1.807) is 16.9 Å². The molecule has 1 atom stereocenters. The first-order chi connectivity index (χ1) is 9.97. The van der Waals surface area contributed by atoms with Crippen molar-refractivity contribution in [1.82, 2.24) is 15.1 Å². The van der Waals surface area contributed by atoms with Crippen LogP contribution in [0.25, 0.3) is 0 Å². The van der Waals surface area contributed by atoms with Gasteiger partial charge < -0.3 is 5.32 Å². The van der Waals surface area contributed by atoms with E-state index < -0.39 is 11.7 Å². The van der Waals surface area contributed by atoms with Gasteiger partial charge in [0.05, 0.1) is 17.3 Å². The molecule has 1 N–H and O–H groups in total. The van der Waals surface area contributed by atoms with E-state index in [-0.39, 0.29) is 6.04 Å². The lowest BCUT2D eigenvalue weighted by Gasteiger charge is -2.20. The van der Waals surface area contributed by atoms with Crippen molar-refractivity contribution >= 4 is 0 Å². The third-order valence-electron chi connectivity index (χ3n) is 3.30. The van der Waals surface area contributed by atoms with Crippen LogP contribution in [0.2, 0.25) is 0 Å². The third-order valence-corrected chi connectivity index (χ3v) is 3.30. The minimum Gasteiger partial charge on any atom is -0.305 e. The summed E-state index contributed by atoms with van der Waals surface area (Å²) < 4.78 is 40.4. The molecular weight excluding hydrogens is 279 g/mol. The van der Waals surface area contributed by atoms with Crippen LogP contribution in [0, 0.1) is 0 Å². The van der Waals surface area contributed by atoms with Gasteiger partial charge in [0.25, 0.3) is 0 Å². The summed E-state index contributed by atoms with van der Waals surface area (Å²) in [5.41, 5.74) is 0.811. The molecular formula is C15H18F3N3. The van der Waals surface area contributed by atoms with Crippen molar-refractivity contribution in [3.8, 4) is 0 Å². The van der Waals surface area contributed by atoms with Crippen LogP contribution in [0.3, 0.4) is 0 Å². The van der Waals surface area contributed by atoms with Crippen molar-refractivity contribution in [2.45, 2.75) is 32.6 Å². The van der Waals surface area contributed by atoms with Crippen molar-refractivity contribution in [1.29, 1.82) is 0 Å². The summed E-state index contributed by atoms with van der Waals surface area (Å²) in [6.45, 7) is 5.19. The van der Waals surface area contributed by atoms with Crippen LogP contribution >= 0.6 is 0 Å². The molecule has 2 aromatic rings. The number of aromatic nitrogens is 2. The summed E-state index contributed by atoms with van der Waals surface area (Å²) in [5, 5.41) is 7.42. The zero-order valence-corrected chi connectivity index (χ0v) is 12.0. The first kappa shape index (κ1) is 15.6. The second kappa shape index (κ2) is 6.30. The van der Waals surface area contributed by atoms with Gasteiger partial charge in [-0.15, -0.1) is 0 Å². The molecule has 1 aromatic heterocycles. The molecule has 0 saturated carbocycles. The number of nitrogens with one attached hydrogen (secondary N) is 1. The van der Waals surface area contributed by atoms with Gasteiger partial charge in [-0.25, -0.2) is 0 Å². The second-order valence-electron chi connectivity index (χ2n) is 4.69. The Morgan fingerprint density at radius 2 is 2.00 bits per heavy atom. The summed E-state index contributed by atoms with van der Waals surface area (Å²) in [6.07, 6.45) is -2.67. The molecule has 0 radical (unpaired) electrons. The number of rotatable bonds is 5. The fourth-order valence-corrected chi connectivity index (χ4v) is 2.34. The van der Waals surface area contributed by atoms with Crippen LogP contribution in [0.5, 0.6) is 0 Å². The molecule has 0 amide bonds. The Bertz CT molecular complexity index is 590. The molecule has 1 aromatic carbocycles. The van der Waals surface area contributed by atoms with Crippen molar-refractivity contribution in [3.63, 3.8) is 0 Å². The molecule has 114 valence electrons. The van der Waals surface area contributed by atoms with E-state index in [1.807, 2.05) is 19.9 Å². The highest BCUT2D eigenvalue weighted by Crippen LogP contribution is 2.32. The lowest BCUT2D eigenvalue weighted by atomic mass is 10.0. The number of benzene rings is 1. The Balaban J connectivity index is 2.44. The first-order valence-corrected chi connectivity index (χ1v) is 6.89. The largest absolute Gasteiger partial charge is 0.416 e. The predicted octanol–water partition coefficient (Wildman–Crippen LogP) is 3.62. The molecule has 6 heteroatoms. The number of nitrogens with zero attached hydrogens (tertiary/aromatic N) is 2. The fraction of sp³-hybridized carbons (Fsp3) is 0.400. The molecule has 1 unspecified atom stereocenters. The maximum Gasteiger partial charge on any atom is 0.416 e. The molecule has 0 saturated heterocycles. The van der Waals surface area contributed by atoms with Crippen molar-refractivity contribution in [2.75, 3.05) is 6.54 Å². The Labute approximate surface area is 121 Å². The minimum absolute atomic E-state index is 0.306. The number of aryl methyl sites for hydroxylation is 1. The van der Waals surface area contributed by atoms with E-state index in [2.05, 4.69) is 10.4 Å². The molecule has 0 aliphatic carbocycles. The van der Waals surface area contributed by atoms with Crippen molar-refractivity contribution < 1.29 is 13.2 Å². The summed E-state index contributed by atoms with van der Waals surface area (Å²) in [6, 6.07) is 6.95. The molecule has 0 aliphatic heterocycles. The minimum atomic E-state index is -4.34. The summed E-state index contributed by atoms with van der Waals surface area (Å²) in [7, 11) is 0.